The second-order valence-corrected chi connectivity index (χ2v) is 6.38. The zero-order chi connectivity index (χ0) is 14.8. The number of nitrogens with zero attached hydrogens (tertiary/aromatic N) is 1. The number of H-pyrrole nitrogens is 1. The third-order valence-corrected chi connectivity index (χ3v) is 4.70. The van der Waals surface area contributed by atoms with Gasteiger partial charge in [0.15, 0.2) is 0 Å². The van der Waals surface area contributed by atoms with Gasteiger partial charge in [-0.15, -0.1) is 11.8 Å². The number of rotatable bonds is 3. The molecule has 0 bridgehead atoms. The number of aryl methyl sites for hydroxylation is 1. The van der Waals surface area contributed by atoms with Crippen molar-refractivity contribution in [3.05, 3.63) is 70.3 Å². The van der Waals surface area contributed by atoms with Gasteiger partial charge in [-0.25, -0.2) is 4.98 Å². The van der Waals surface area contributed by atoms with Gasteiger partial charge in [-0.2, -0.15) is 0 Å². The van der Waals surface area contributed by atoms with Gasteiger partial charge in [0.25, 0.3) is 5.56 Å². The Kier molecular flexibility index (Phi) is 3.80. The smallest absolute Gasteiger partial charge is 0.258 e. The molecule has 0 aliphatic rings. The SMILES string of the molecule is Cc1ccccc1SC(C)c1nc2ccccc2c(=O)[nH]1. The average Bonchev–Trinajstić information content (AvgIpc) is 2.49. The first-order chi connectivity index (χ1) is 10.1. The summed E-state index contributed by atoms with van der Waals surface area (Å²) in [6.45, 7) is 4.15. The third-order valence-electron chi connectivity index (χ3n) is 3.41. The molecule has 0 aliphatic carbocycles. The first-order valence-electron chi connectivity index (χ1n) is 6.86. The van der Waals surface area contributed by atoms with E-state index in [9.17, 15) is 4.79 Å². The van der Waals surface area contributed by atoms with Gasteiger partial charge in [0, 0.05) is 4.90 Å². The van der Waals surface area contributed by atoms with Gasteiger partial charge in [0.2, 0.25) is 0 Å². The fourth-order valence-corrected chi connectivity index (χ4v) is 3.25. The highest BCUT2D eigenvalue weighted by Gasteiger charge is 2.13. The molecule has 0 fully saturated rings. The van der Waals surface area contributed by atoms with E-state index < -0.39 is 0 Å². The molecule has 0 aliphatic heterocycles. The van der Waals surface area contributed by atoms with E-state index in [1.807, 2.05) is 30.3 Å². The van der Waals surface area contributed by atoms with Crippen LogP contribution in [0.4, 0.5) is 0 Å². The number of hydrogen-bond donors (Lipinski definition) is 1. The van der Waals surface area contributed by atoms with Crippen LogP contribution in [0.25, 0.3) is 10.9 Å². The number of aromatic amines is 1. The fraction of sp³-hybridized carbons (Fsp3) is 0.176. The molecule has 21 heavy (non-hydrogen) atoms. The van der Waals surface area contributed by atoms with Crippen molar-refractivity contribution in [1.82, 2.24) is 9.97 Å². The molecule has 1 N–H and O–H groups in total. The molecule has 0 saturated heterocycles. The minimum absolute atomic E-state index is 0.0761. The second-order valence-electron chi connectivity index (χ2n) is 4.99. The summed E-state index contributed by atoms with van der Waals surface area (Å²) in [5, 5.41) is 0.720. The number of aromatic nitrogens is 2. The van der Waals surface area contributed by atoms with Crippen LogP contribution in [-0.4, -0.2) is 9.97 Å². The minimum Gasteiger partial charge on any atom is -0.309 e. The summed E-state index contributed by atoms with van der Waals surface area (Å²) in [7, 11) is 0. The molecule has 0 radical (unpaired) electrons. The Bertz CT molecular complexity index is 841. The zero-order valence-electron chi connectivity index (χ0n) is 12.0. The molecule has 3 nitrogen and oxygen atoms in total. The van der Waals surface area contributed by atoms with Crippen LogP contribution in [0.3, 0.4) is 0 Å². The van der Waals surface area contributed by atoms with Crippen molar-refractivity contribution in [1.29, 1.82) is 0 Å². The first kappa shape index (κ1) is 13.9. The van der Waals surface area contributed by atoms with Gasteiger partial charge >= 0.3 is 0 Å². The van der Waals surface area contributed by atoms with Crippen molar-refractivity contribution in [3.63, 3.8) is 0 Å². The van der Waals surface area contributed by atoms with Crippen LogP contribution < -0.4 is 5.56 Å². The van der Waals surface area contributed by atoms with Gasteiger partial charge in [-0.1, -0.05) is 30.3 Å². The number of para-hydroxylation sites is 1. The maximum atomic E-state index is 12.1. The number of thioether (sulfide) groups is 1. The van der Waals surface area contributed by atoms with E-state index in [2.05, 4.69) is 35.9 Å². The molecule has 1 unspecified atom stereocenters. The van der Waals surface area contributed by atoms with Crippen molar-refractivity contribution in [2.75, 3.05) is 0 Å². The fourth-order valence-electron chi connectivity index (χ4n) is 2.23. The van der Waals surface area contributed by atoms with Crippen molar-refractivity contribution in [2.24, 2.45) is 0 Å². The Morgan fingerprint density at radius 3 is 2.62 bits per heavy atom. The largest absolute Gasteiger partial charge is 0.309 e. The summed E-state index contributed by atoms with van der Waals surface area (Å²) < 4.78 is 0. The van der Waals surface area contributed by atoms with E-state index in [-0.39, 0.29) is 10.8 Å². The van der Waals surface area contributed by atoms with Gasteiger partial charge < -0.3 is 4.98 Å². The third kappa shape index (κ3) is 2.85. The molecule has 1 heterocycles. The van der Waals surface area contributed by atoms with E-state index in [0.717, 1.165) is 5.52 Å². The Balaban J connectivity index is 1.97. The molecule has 3 aromatic rings. The monoisotopic (exact) mass is 296 g/mol. The molecule has 0 spiro atoms. The lowest BCUT2D eigenvalue weighted by Gasteiger charge is -2.12. The lowest BCUT2D eigenvalue weighted by atomic mass is 10.2. The van der Waals surface area contributed by atoms with Crippen LogP contribution in [0.1, 0.15) is 23.6 Å². The maximum absolute atomic E-state index is 12.1. The zero-order valence-corrected chi connectivity index (χ0v) is 12.8. The van der Waals surface area contributed by atoms with Gasteiger partial charge in [0.1, 0.15) is 5.82 Å². The summed E-state index contributed by atoms with van der Waals surface area (Å²) in [5.41, 5.74) is 1.90. The van der Waals surface area contributed by atoms with Crippen LogP contribution in [-0.2, 0) is 0 Å². The topological polar surface area (TPSA) is 45.8 Å². The molecule has 1 aromatic heterocycles. The lowest BCUT2D eigenvalue weighted by Crippen LogP contribution is -2.12. The lowest BCUT2D eigenvalue weighted by molar-refractivity contribution is 0.922. The summed E-state index contributed by atoms with van der Waals surface area (Å²) in [4.78, 5) is 20.8. The molecule has 1 atom stereocenters. The first-order valence-corrected chi connectivity index (χ1v) is 7.74. The van der Waals surface area contributed by atoms with Crippen molar-refractivity contribution in [2.45, 2.75) is 24.0 Å². The van der Waals surface area contributed by atoms with Crippen molar-refractivity contribution >= 4 is 22.7 Å². The normalized spacial score (nSPS) is 12.5. The molecule has 2 aromatic carbocycles. The van der Waals surface area contributed by atoms with Crippen LogP contribution in [0.5, 0.6) is 0 Å². The Morgan fingerprint density at radius 2 is 1.81 bits per heavy atom. The molecule has 4 heteroatoms. The highest BCUT2D eigenvalue weighted by atomic mass is 32.2. The summed E-state index contributed by atoms with van der Waals surface area (Å²) in [6, 6.07) is 15.7. The van der Waals surface area contributed by atoms with E-state index in [0.29, 0.717) is 11.2 Å². The Morgan fingerprint density at radius 1 is 1.10 bits per heavy atom. The molecule has 3 rings (SSSR count). The van der Waals surface area contributed by atoms with E-state index >= 15 is 0 Å². The second kappa shape index (κ2) is 5.74. The van der Waals surface area contributed by atoms with Crippen LogP contribution in [0, 0.1) is 6.92 Å². The van der Waals surface area contributed by atoms with E-state index in [1.54, 1.807) is 17.8 Å². The van der Waals surface area contributed by atoms with Crippen molar-refractivity contribution < 1.29 is 0 Å². The molecular formula is C17H16N2OS. The standard InChI is InChI=1S/C17H16N2OS/c1-11-7-3-6-10-15(11)21-12(2)16-18-14-9-5-4-8-13(14)17(20)19-16/h3-10,12H,1-2H3,(H,18,19,20). The molecule has 0 amide bonds. The quantitative estimate of drug-likeness (QED) is 0.741. The highest BCUT2D eigenvalue weighted by molar-refractivity contribution is 7.99. The van der Waals surface area contributed by atoms with Gasteiger partial charge in [0.05, 0.1) is 16.2 Å². The predicted octanol–water partition coefficient (Wildman–Crippen LogP) is 4.08. The number of hydrogen-bond acceptors (Lipinski definition) is 3. The Labute approximate surface area is 127 Å². The van der Waals surface area contributed by atoms with E-state index in [4.69, 9.17) is 0 Å². The number of benzene rings is 2. The van der Waals surface area contributed by atoms with Crippen LogP contribution >= 0.6 is 11.8 Å². The summed E-state index contributed by atoms with van der Waals surface area (Å²) >= 11 is 1.71. The summed E-state index contributed by atoms with van der Waals surface area (Å²) in [6.07, 6.45) is 0. The predicted molar refractivity (Wildman–Crippen MR) is 87.8 cm³/mol. The van der Waals surface area contributed by atoms with Crippen LogP contribution in [0.2, 0.25) is 0 Å². The molecule has 0 saturated carbocycles. The Hall–Kier alpha value is -2.07. The number of fused-ring (bicyclic) bond motifs is 1. The number of nitrogens with one attached hydrogen (secondary N) is 1. The minimum atomic E-state index is -0.0761. The maximum Gasteiger partial charge on any atom is 0.258 e. The highest BCUT2D eigenvalue weighted by Crippen LogP contribution is 2.34. The van der Waals surface area contributed by atoms with Gasteiger partial charge in [-0.05, 0) is 37.6 Å². The average molecular weight is 296 g/mol. The van der Waals surface area contributed by atoms with Crippen molar-refractivity contribution in [3.8, 4) is 0 Å². The molecule has 106 valence electrons. The van der Waals surface area contributed by atoms with E-state index in [1.165, 1.54) is 10.5 Å². The molecular weight excluding hydrogens is 280 g/mol. The van der Waals surface area contributed by atoms with Gasteiger partial charge in [-0.3, -0.25) is 4.79 Å². The summed E-state index contributed by atoms with van der Waals surface area (Å²) in [5.74, 6) is 0.715. The van der Waals surface area contributed by atoms with Crippen LogP contribution in [0.15, 0.2) is 58.2 Å².